The summed E-state index contributed by atoms with van der Waals surface area (Å²) in [5, 5.41) is 8.95. The normalized spacial score (nSPS) is 12.4. The highest BCUT2D eigenvalue weighted by atomic mass is 32.1. The molecule has 0 amide bonds. The van der Waals surface area contributed by atoms with Crippen LogP contribution in [0.25, 0.3) is 0 Å². The Balaban J connectivity index is 3.76. The van der Waals surface area contributed by atoms with E-state index in [1.165, 1.54) is 64.2 Å². The molecule has 0 heterocycles. The van der Waals surface area contributed by atoms with Crippen molar-refractivity contribution in [3.8, 4) is 0 Å². The van der Waals surface area contributed by atoms with Gasteiger partial charge in [0.05, 0.1) is 18.9 Å². The van der Waals surface area contributed by atoms with Crippen molar-refractivity contribution in [1.82, 2.24) is 0 Å². The lowest BCUT2D eigenvalue weighted by atomic mass is 10.0. The molecule has 1 N–H and O–H groups in total. The van der Waals surface area contributed by atoms with Crippen LogP contribution in [0.4, 0.5) is 0 Å². The third kappa shape index (κ3) is 18.2. The number of carbonyl (C=O) groups is 2. The summed E-state index contributed by atoms with van der Waals surface area (Å²) in [6.45, 7) is 2.54. The van der Waals surface area contributed by atoms with Crippen LogP contribution in [-0.2, 0) is 14.3 Å². The minimum absolute atomic E-state index is 0.214. The largest absolute Gasteiger partial charge is 0.481 e. The zero-order valence-electron chi connectivity index (χ0n) is 17.2. The van der Waals surface area contributed by atoms with Crippen LogP contribution in [-0.4, -0.2) is 29.4 Å². The Morgan fingerprint density at radius 2 is 1.48 bits per heavy atom. The first kappa shape index (κ1) is 26.0. The third-order valence-electron chi connectivity index (χ3n) is 4.59. The molecule has 0 radical (unpaired) electrons. The van der Waals surface area contributed by atoms with Crippen molar-refractivity contribution in [3.05, 3.63) is 12.2 Å². The van der Waals surface area contributed by atoms with Gasteiger partial charge in [0.15, 0.2) is 0 Å². The molecule has 4 nitrogen and oxygen atoms in total. The summed E-state index contributed by atoms with van der Waals surface area (Å²) in [4.78, 5) is 22.9. The van der Waals surface area contributed by atoms with E-state index < -0.39 is 17.9 Å². The first-order chi connectivity index (χ1) is 13.1. The second-order valence-corrected chi connectivity index (χ2v) is 7.65. The van der Waals surface area contributed by atoms with E-state index in [4.69, 9.17) is 9.84 Å². The van der Waals surface area contributed by atoms with Crippen LogP contribution in [0, 0.1) is 5.92 Å². The van der Waals surface area contributed by atoms with E-state index in [1.807, 2.05) is 6.08 Å². The molecule has 0 aromatic heterocycles. The third-order valence-corrected chi connectivity index (χ3v) is 4.90. The van der Waals surface area contributed by atoms with Crippen LogP contribution >= 0.6 is 12.6 Å². The highest BCUT2D eigenvalue weighted by Gasteiger charge is 2.20. The Morgan fingerprint density at radius 3 is 2.00 bits per heavy atom. The van der Waals surface area contributed by atoms with Gasteiger partial charge in [0.25, 0.3) is 0 Å². The number of carboxylic acid groups (broad SMARTS) is 1. The molecule has 0 fully saturated rings. The molecule has 0 aliphatic heterocycles. The number of aliphatic carboxylic acids is 1. The van der Waals surface area contributed by atoms with E-state index in [1.54, 1.807) is 6.08 Å². The molecule has 1 unspecified atom stereocenters. The van der Waals surface area contributed by atoms with Gasteiger partial charge in [-0.25, -0.2) is 0 Å². The number of hydrogen-bond donors (Lipinski definition) is 2. The number of esters is 1. The first-order valence-electron chi connectivity index (χ1n) is 10.8. The highest BCUT2D eigenvalue weighted by Crippen LogP contribution is 2.13. The SMILES string of the molecule is CCCCCCCCCCCCCC=CC(CC(=O)O)C(=O)OCCCS. The zero-order chi connectivity index (χ0) is 20.2. The molecular weight excluding hydrogens is 360 g/mol. The van der Waals surface area contributed by atoms with Crippen LogP contribution in [0.15, 0.2) is 12.2 Å². The summed E-state index contributed by atoms with van der Waals surface area (Å²) in [5.41, 5.74) is 0. The highest BCUT2D eigenvalue weighted by molar-refractivity contribution is 7.80. The van der Waals surface area contributed by atoms with Crippen LogP contribution in [0.2, 0.25) is 0 Å². The average Bonchev–Trinajstić information content (AvgIpc) is 2.64. The Morgan fingerprint density at radius 1 is 0.926 bits per heavy atom. The lowest BCUT2D eigenvalue weighted by molar-refractivity contribution is -0.151. The smallest absolute Gasteiger partial charge is 0.313 e. The molecule has 0 saturated carbocycles. The molecule has 0 aromatic rings. The minimum Gasteiger partial charge on any atom is -0.481 e. The quantitative estimate of drug-likeness (QED) is 0.117. The van der Waals surface area contributed by atoms with E-state index in [-0.39, 0.29) is 6.42 Å². The monoisotopic (exact) mass is 400 g/mol. The van der Waals surface area contributed by atoms with Gasteiger partial charge in [-0.3, -0.25) is 9.59 Å². The van der Waals surface area contributed by atoms with Crippen LogP contribution in [0.3, 0.4) is 0 Å². The number of carboxylic acids is 1. The van der Waals surface area contributed by atoms with Crippen molar-refractivity contribution in [2.45, 2.75) is 96.8 Å². The summed E-state index contributed by atoms with van der Waals surface area (Å²) in [7, 11) is 0. The summed E-state index contributed by atoms with van der Waals surface area (Å²) < 4.78 is 5.11. The molecule has 5 heteroatoms. The fourth-order valence-corrected chi connectivity index (χ4v) is 3.08. The fraction of sp³-hybridized carbons (Fsp3) is 0.818. The molecule has 27 heavy (non-hydrogen) atoms. The molecule has 0 rings (SSSR count). The van der Waals surface area contributed by atoms with Gasteiger partial charge in [-0.05, 0) is 25.0 Å². The van der Waals surface area contributed by atoms with Crippen molar-refractivity contribution in [2.75, 3.05) is 12.4 Å². The van der Waals surface area contributed by atoms with Crippen molar-refractivity contribution in [3.63, 3.8) is 0 Å². The van der Waals surface area contributed by atoms with Crippen LogP contribution < -0.4 is 0 Å². The molecular formula is C22H40O4S. The van der Waals surface area contributed by atoms with Crippen molar-refractivity contribution in [1.29, 1.82) is 0 Å². The fourth-order valence-electron chi connectivity index (χ4n) is 2.95. The maximum atomic E-state index is 11.9. The van der Waals surface area contributed by atoms with Crippen molar-refractivity contribution in [2.24, 2.45) is 5.92 Å². The van der Waals surface area contributed by atoms with Gasteiger partial charge in [0.2, 0.25) is 0 Å². The van der Waals surface area contributed by atoms with Gasteiger partial charge in [0, 0.05) is 0 Å². The molecule has 0 bridgehead atoms. The van der Waals surface area contributed by atoms with Crippen molar-refractivity contribution >= 4 is 24.6 Å². The number of rotatable bonds is 19. The number of ether oxygens (including phenoxy) is 1. The number of unbranched alkanes of at least 4 members (excludes halogenated alkanes) is 11. The molecule has 0 spiro atoms. The standard InChI is InChI=1S/C22H40O4S/c1-2-3-4-5-6-7-8-9-10-11-12-13-14-16-20(19-21(23)24)22(25)26-17-15-18-27/h14,16,20,27H,2-13,15,17-19H2,1H3,(H,23,24). The second-order valence-electron chi connectivity index (χ2n) is 7.20. The Hall–Kier alpha value is -0.970. The predicted molar refractivity (Wildman–Crippen MR) is 115 cm³/mol. The number of hydrogen-bond acceptors (Lipinski definition) is 4. The molecule has 0 saturated heterocycles. The van der Waals surface area contributed by atoms with E-state index in [0.29, 0.717) is 18.8 Å². The van der Waals surface area contributed by atoms with Gasteiger partial charge in [0.1, 0.15) is 0 Å². The predicted octanol–water partition coefficient (Wildman–Crippen LogP) is 6.20. The topological polar surface area (TPSA) is 63.6 Å². The van der Waals surface area contributed by atoms with Gasteiger partial charge < -0.3 is 9.84 Å². The van der Waals surface area contributed by atoms with Gasteiger partial charge in [-0.2, -0.15) is 12.6 Å². The van der Waals surface area contributed by atoms with E-state index >= 15 is 0 Å². The molecule has 0 aliphatic carbocycles. The molecule has 1 atom stereocenters. The summed E-state index contributed by atoms with van der Waals surface area (Å²) >= 11 is 4.06. The van der Waals surface area contributed by atoms with Gasteiger partial charge in [-0.15, -0.1) is 0 Å². The number of allylic oxidation sites excluding steroid dienone is 1. The van der Waals surface area contributed by atoms with E-state index in [0.717, 1.165) is 12.8 Å². The Kier molecular flexibility index (Phi) is 19.1. The molecule has 0 aromatic carbocycles. The zero-order valence-corrected chi connectivity index (χ0v) is 18.1. The second kappa shape index (κ2) is 19.8. The maximum absolute atomic E-state index is 11.9. The van der Waals surface area contributed by atoms with E-state index in [9.17, 15) is 9.59 Å². The lowest BCUT2D eigenvalue weighted by Gasteiger charge is -2.10. The minimum atomic E-state index is -0.981. The Labute approximate surface area is 171 Å². The van der Waals surface area contributed by atoms with E-state index in [2.05, 4.69) is 19.6 Å². The maximum Gasteiger partial charge on any atom is 0.313 e. The number of carbonyl (C=O) groups excluding carboxylic acids is 1. The number of thiol groups is 1. The van der Waals surface area contributed by atoms with Crippen LogP contribution in [0.1, 0.15) is 96.8 Å². The molecule has 0 aliphatic rings. The first-order valence-corrected chi connectivity index (χ1v) is 11.4. The summed E-state index contributed by atoms with van der Waals surface area (Å²) in [5.74, 6) is -1.47. The summed E-state index contributed by atoms with van der Waals surface area (Å²) in [6, 6.07) is 0. The Bertz CT molecular complexity index is 396. The molecule has 158 valence electrons. The van der Waals surface area contributed by atoms with Gasteiger partial charge >= 0.3 is 11.9 Å². The van der Waals surface area contributed by atoms with Gasteiger partial charge in [-0.1, -0.05) is 83.3 Å². The van der Waals surface area contributed by atoms with Crippen molar-refractivity contribution < 1.29 is 19.4 Å². The van der Waals surface area contributed by atoms with Crippen LogP contribution in [0.5, 0.6) is 0 Å². The average molecular weight is 401 g/mol. The lowest BCUT2D eigenvalue weighted by Crippen LogP contribution is -2.19. The summed E-state index contributed by atoms with van der Waals surface area (Å²) in [6.07, 6.45) is 19.3.